The summed E-state index contributed by atoms with van der Waals surface area (Å²) >= 11 is 3.36. The van der Waals surface area contributed by atoms with E-state index < -0.39 is 11.3 Å². The highest BCUT2D eigenvalue weighted by Crippen LogP contribution is 2.26. The monoisotopic (exact) mass is 268 g/mol. The highest BCUT2D eigenvalue weighted by Gasteiger charge is 2.06. The SMILES string of the molecule is O=S([O-])Nc1ncncc1-c1ccc(Cl)cc1. The molecule has 1 unspecified atom stereocenters. The van der Waals surface area contributed by atoms with Crippen molar-refractivity contribution in [2.75, 3.05) is 4.72 Å². The summed E-state index contributed by atoms with van der Waals surface area (Å²) in [5, 5.41) is 0.604. The second-order valence-electron chi connectivity index (χ2n) is 3.13. The Balaban J connectivity index is 2.44. The van der Waals surface area contributed by atoms with Gasteiger partial charge in [0.05, 0.1) is 0 Å². The van der Waals surface area contributed by atoms with Crippen molar-refractivity contribution in [2.24, 2.45) is 0 Å². The molecule has 1 atom stereocenters. The van der Waals surface area contributed by atoms with Crippen molar-refractivity contribution in [3.05, 3.63) is 41.8 Å². The Bertz CT molecular complexity index is 548. The van der Waals surface area contributed by atoms with Crippen LogP contribution in [0.1, 0.15) is 0 Å². The minimum atomic E-state index is -2.42. The van der Waals surface area contributed by atoms with Crippen LogP contribution in [0.25, 0.3) is 11.1 Å². The third-order valence-corrected chi connectivity index (χ3v) is 2.66. The van der Waals surface area contributed by atoms with Crippen LogP contribution < -0.4 is 4.72 Å². The number of halogens is 1. The number of rotatable bonds is 3. The third kappa shape index (κ3) is 3.00. The molecule has 2 rings (SSSR count). The summed E-state index contributed by atoms with van der Waals surface area (Å²) < 4.78 is 23.4. The second-order valence-corrected chi connectivity index (χ2v) is 4.24. The van der Waals surface area contributed by atoms with E-state index in [1.807, 2.05) is 0 Å². The van der Waals surface area contributed by atoms with Gasteiger partial charge < -0.3 is 4.55 Å². The number of hydrogen-bond donors (Lipinski definition) is 1. The first kappa shape index (κ1) is 12.0. The Morgan fingerprint density at radius 2 is 2.00 bits per heavy atom. The molecular weight excluding hydrogens is 262 g/mol. The summed E-state index contributed by atoms with van der Waals surface area (Å²) in [6.07, 6.45) is 2.81. The van der Waals surface area contributed by atoms with Crippen molar-refractivity contribution >= 4 is 28.7 Å². The van der Waals surface area contributed by atoms with Gasteiger partial charge in [-0.2, -0.15) is 0 Å². The first-order valence-corrected chi connectivity index (χ1v) is 6.04. The smallest absolute Gasteiger partial charge is 0.148 e. The molecule has 0 aliphatic rings. The normalized spacial score (nSPS) is 12.1. The van der Waals surface area contributed by atoms with Crippen LogP contribution in [0, 0.1) is 0 Å². The molecule has 0 aliphatic heterocycles. The summed E-state index contributed by atoms with van der Waals surface area (Å²) in [4.78, 5) is 7.74. The predicted octanol–water partition coefficient (Wildman–Crippen LogP) is 2.00. The lowest BCUT2D eigenvalue weighted by atomic mass is 10.1. The molecule has 0 radical (unpaired) electrons. The van der Waals surface area contributed by atoms with Gasteiger partial charge in [0.25, 0.3) is 0 Å². The average Bonchev–Trinajstić information content (AvgIpc) is 2.30. The van der Waals surface area contributed by atoms with Crippen molar-refractivity contribution in [1.82, 2.24) is 9.97 Å². The maximum atomic E-state index is 10.6. The van der Waals surface area contributed by atoms with Gasteiger partial charge in [-0.25, -0.2) is 9.97 Å². The summed E-state index contributed by atoms with van der Waals surface area (Å²) in [6, 6.07) is 6.95. The molecule has 2 aromatic rings. The quantitative estimate of drug-likeness (QED) is 0.864. The maximum absolute atomic E-state index is 10.6. The Morgan fingerprint density at radius 1 is 1.29 bits per heavy atom. The molecule has 0 aliphatic carbocycles. The fourth-order valence-corrected chi connectivity index (χ4v) is 1.78. The van der Waals surface area contributed by atoms with Gasteiger partial charge in [0.1, 0.15) is 12.1 Å². The average molecular weight is 269 g/mol. The Kier molecular flexibility index (Phi) is 3.68. The number of aromatic nitrogens is 2. The number of anilines is 1. The first-order chi connectivity index (χ1) is 8.16. The molecule has 1 N–H and O–H groups in total. The molecule has 0 bridgehead atoms. The second kappa shape index (κ2) is 5.22. The van der Waals surface area contributed by atoms with E-state index >= 15 is 0 Å². The zero-order valence-corrected chi connectivity index (χ0v) is 10.0. The van der Waals surface area contributed by atoms with Crippen molar-refractivity contribution in [3.8, 4) is 11.1 Å². The number of nitrogens with one attached hydrogen (secondary N) is 1. The predicted molar refractivity (Wildman–Crippen MR) is 65.0 cm³/mol. The van der Waals surface area contributed by atoms with E-state index in [1.165, 1.54) is 12.5 Å². The molecule has 5 nitrogen and oxygen atoms in total. The van der Waals surface area contributed by atoms with E-state index in [0.29, 0.717) is 10.6 Å². The standard InChI is InChI=1S/C10H8ClN3O2S/c11-8-3-1-7(2-4-8)9-5-12-6-13-10(9)14-17(15)16/h1-6H,(H,15,16)(H,12,13,14)/p-1. The zero-order chi connectivity index (χ0) is 12.3. The number of hydrogen-bond acceptors (Lipinski definition) is 4. The molecule has 1 aromatic heterocycles. The minimum absolute atomic E-state index is 0.232. The number of benzene rings is 1. The van der Waals surface area contributed by atoms with E-state index in [0.717, 1.165) is 5.56 Å². The van der Waals surface area contributed by atoms with Crippen LogP contribution >= 0.6 is 11.6 Å². The molecule has 0 fully saturated rings. The summed E-state index contributed by atoms with van der Waals surface area (Å²) in [7, 11) is 0. The summed E-state index contributed by atoms with van der Waals surface area (Å²) in [5.74, 6) is 0.232. The number of nitrogens with zero attached hydrogens (tertiary/aromatic N) is 2. The van der Waals surface area contributed by atoms with Gasteiger partial charge in [0.15, 0.2) is 0 Å². The first-order valence-electron chi connectivity index (χ1n) is 4.58. The van der Waals surface area contributed by atoms with Gasteiger partial charge in [-0.3, -0.25) is 8.93 Å². The highest BCUT2D eigenvalue weighted by molar-refractivity contribution is 7.80. The lowest BCUT2D eigenvalue weighted by Crippen LogP contribution is -2.05. The Labute approximate surface area is 105 Å². The Morgan fingerprint density at radius 3 is 2.65 bits per heavy atom. The molecule has 0 saturated heterocycles. The van der Waals surface area contributed by atoms with Gasteiger partial charge >= 0.3 is 0 Å². The molecule has 0 saturated carbocycles. The third-order valence-electron chi connectivity index (χ3n) is 2.05. The van der Waals surface area contributed by atoms with E-state index in [1.54, 1.807) is 24.3 Å². The molecule has 7 heteroatoms. The van der Waals surface area contributed by atoms with Crippen LogP contribution in [-0.4, -0.2) is 18.7 Å². The lowest BCUT2D eigenvalue weighted by molar-refractivity contribution is 0.542. The molecule has 1 aromatic carbocycles. The molecule has 1 heterocycles. The van der Waals surface area contributed by atoms with E-state index in [9.17, 15) is 8.76 Å². The van der Waals surface area contributed by atoms with Crippen molar-refractivity contribution in [1.29, 1.82) is 0 Å². The van der Waals surface area contributed by atoms with E-state index in [4.69, 9.17) is 11.6 Å². The van der Waals surface area contributed by atoms with Gasteiger partial charge in [-0.15, -0.1) is 0 Å². The van der Waals surface area contributed by atoms with Gasteiger partial charge in [0, 0.05) is 28.0 Å². The molecule has 17 heavy (non-hydrogen) atoms. The van der Waals surface area contributed by atoms with Crippen LogP contribution in [0.3, 0.4) is 0 Å². The van der Waals surface area contributed by atoms with Gasteiger partial charge in [-0.1, -0.05) is 23.7 Å². The van der Waals surface area contributed by atoms with Crippen molar-refractivity contribution in [3.63, 3.8) is 0 Å². The molecule has 0 spiro atoms. The van der Waals surface area contributed by atoms with Gasteiger partial charge in [0.2, 0.25) is 0 Å². The van der Waals surface area contributed by atoms with E-state index in [2.05, 4.69) is 14.7 Å². The lowest BCUT2D eigenvalue weighted by Gasteiger charge is -2.11. The van der Waals surface area contributed by atoms with Crippen molar-refractivity contribution in [2.45, 2.75) is 0 Å². The summed E-state index contributed by atoms with van der Waals surface area (Å²) in [6.45, 7) is 0. The topological polar surface area (TPSA) is 77.9 Å². The fraction of sp³-hybridized carbons (Fsp3) is 0. The highest BCUT2D eigenvalue weighted by atomic mass is 35.5. The van der Waals surface area contributed by atoms with Crippen LogP contribution in [-0.2, 0) is 11.3 Å². The van der Waals surface area contributed by atoms with E-state index in [-0.39, 0.29) is 5.82 Å². The molecule has 0 amide bonds. The zero-order valence-electron chi connectivity index (χ0n) is 8.46. The van der Waals surface area contributed by atoms with Gasteiger partial charge in [-0.05, 0) is 17.7 Å². The van der Waals surface area contributed by atoms with Crippen LogP contribution in [0.5, 0.6) is 0 Å². The fourth-order valence-electron chi connectivity index (χ4n) is 1.33. The largest absolute Gasteiger partial charge is 0.755 e. The minimum Gasteiger partial charge on any atom is -0.755 e. The van der Waals surface area contributed by atoms with Crippen LogP contribution in [0.4, 0.5) is 5.82 Å². The molecular formula is C10H7ClN3O2S-. The van der Waals surface area contributed by atoms with Crippen molar-refractivity contribution < 1.29 is 8.76 Å². The molecule has 88 valence electrons. The summed E-state index contributed by atoms with van der Waals surface area (Å²) in [5.41, 5.74) is 1.37. The maximum Gasteiger partial charge on any atom is 0.148 e. The Hall–Kier alpha value is -1.50. The van der Waals surface area contributed by atoms with Crippen LogP contribution in [0.15, 0.2) is 36.8 Å². The van der Waals surface area contributed by atoms with Crippen LogP contribution in [0.2, 0.25) is 5.02 Å².